The summed E-state index contributed by atoms with van der Waals surface area (Å²) in [5.74, 6) is -0.700. The molecule has 2 heterocycles. The summed E-state index contributed by atoms with van der Waals surface area (Å²) in [4.78, 5) is 24.5. The van der Waals surface area contributed by atoms with Gasteiger partial charge in [-0.15, -0.1) is 0 Å². The number of nitrogens with two attached hydrogens (primary N) is 1. The molecular weight excluding hydrogens is 336 g/mol. The van der Waals surface area contributed by atoms with Gasteiger partial charge in [-0.25, -0.2) is 15.0 Å². The van der Waals surface area contributed by atoms with Gasteiger partial charge >= 0.3 is 0 Å². The Balaban J connectivity index is 1.97. The van der Waals surface area contributed by atoms with Crippen molar-refractivity contribution >= 4 is 16.9 Å². The standard InChI is InChI=1S/C22H18N4O/c1-2-14-8-10-16(11-9-14)19-18(15-6-4-3-5-7-15)12-17-13-24-22(20(23)27)26-21(17)25-19/h3-13H,2H2,1H3,(H2,23,27). The number of aryl methyl sites for hydroxylation is 1. The average Bonchev–Trinajstić information content (AvgIpc) is 2.73. The highest BCUT2D eigenvalue weighted by atomic mass is 16.1. The fourth-order valence-corrected chi connectivity index (χ4v) is 3.04. The second kappa shape index (κ2) is 6.96. The number of amides is 1. The zero-order chi connectivity index (χ0) is 18.8. The van der Waals surface area contributed by atoms with Crippen LogP contribution in [0.1, 0.15) is 23.1 Å². The summed E-state index contributed by atoms with van der Waals surface area (Å²) < 4.78 is 0. The minimum atomic E-state index is -0.667. The van der Waals surface area contributed by atoms with Gasteiger partial charge in [0.1, 0.15) is 0 Å². The first-order valence-corrected chi connectivity index (χ1v) is 8.78. The maximum atomic E-state index is 11.4. The highest BCUT2D eigenvalue weighted by molar-refractivity contribution is 5.93. The van der Waals surface area contributed by atoms with E-state index in [-0.39, 0.29) is 5.82 Å². The van der Waals surface area contributed by atoms with Crippen LogP contribution in [0, 0.1) is 0 Å². The first kappa shape index (κ1) is 16.8. The number of carbonyl (C=O) groups excluding carboxylic acids is 1. The van der Waals surface area contributed by atoms with Gasteiger partial charge in [-0.1, -0.05) is 61.5 Å². The lowest BCUT2D eigenvalue weighted by molar-refractivity contribution is 0.0990. The Hall–Kier alpha value is -3.60. The third-order valence-corrected chi connectivity index (χ3v) is 4.51. The lowest BCUT2D eigenvalue weighted by Crippen LogP contribution is -2.15. The number of aromatic nitrogens is 3. The van der Waals surface area contributed by atoms with Crippen molar-refractivity contribution in [2.75, 3.05) is 0 Å². The van der Waals surface area contributed by atoms with Gasteiger partial charge in [0, 0.05) is 22.7 Å². The van der Waals surface area contributed by atoms with E-state index in [0.717, 1.165) is 34.2 Å². The van der Waals surface area contributed by atoms with E-state index in [4.69, 9.17) is 10.7 Å². The van der Waals surface area contributed by atoms with Gasteiger partial charge in [0.25, 0.3) is 5.91 Å². The quantitative estimate of drug-likeness (QED) is 0.600. The summed E-state index contributed by atoms with van der Waals surface area (Å²) in [7, 11) is 0. The van der Waals surface area contributed by atoms with E-state index in [1.54, 1.807) is 6.20 Å². The van der Waals surface area contributed by atoms with Crippen LogP contribution in [0.15, 0.2) is 66.9 Å². The summed E-state index contributed by atoms with van der Waals surface area (Å²) in [6.45, 7) is 2.13. The van der Waals surface area contributed by atoms with Crippen LogP contribution in [0.5, 0.6) is 0 Å². The molecule has 0 atom stereocenters. The van der Waals surface area contributed by atoms with E-state index in [2.05, 4.69) is 41.2 Å². The molecule has 1 amide bonds. The van der Waals surface area contributed by atoms with Crippen molar-refractivity contribution in [2.45, 2.75) is 13.3 Å². The number of rotatable bonds is 4. The number of hydrogen-bond acceptors (Lipinski definition) is 4. The predicted octanol–water partition coefficient (Wildman–Crippen LogP) is 4.02. The Morgan fingerprint density at radius 2 is 1.70 bits per heavy atom. The van der Waals surface area contributed by atoms with E-state index in [1.165, 1.54) is 5.56 Å². The fourth-order valence-electron chi connectivity index (χ4n) is 3.04. The Morgan fingerprint density at radius 1 is 0.963 bits per heavy atom. The van der Waals surface area contributed by atoms with Crippen LogP contribution < -0.4 is 5.73 Å². The van der Waals surface area contributed by atoms with Gasteiger partial charge < -0.3 is 5.73 Å². The van der Waals surface area contributed by atoms with Gasteiger partial charge in [0.05, 0.1) is 5.69 Å². The molecule has 0 saturated heterocycles. The summed E-state index contributed by atoms with van der Waals surface area (Å²) >= 11 is 0. The van der Waals surface area contributed by atoms with Crippen LogP contribution in [0.25, 0.3) is 33.4 Å². The second-order valence-electron chi connectivity index (χ2n) is 6.27. The van der Waals surface area contributed by atoms with E-state index >= 15 is 0 Å². The van der Waals surface area contributed by atoms with E-state index in [9.17, 15) is 4.79 Å². The first-order chi connectivity index (χ1) is 13.2. The molecule has 0 aliphatic rings. The minimum Gasteiger partial charge on any atom is -0.363 e. The molecule has 0 unspecified atom stereocenters. The SMILES string of the molecule is CCc1ccc(-c2nc3nc(C(N)=O)ncc3cc2-c2ccccc2)cc1. The first-order valence-electron chi connectivity index (χ1n) is 8.78. The molecule has 132 valence electrons. The Labute approximate surface area is 156 Å². The van der Waals surface area contributed by atoms with Gasteiger partial charge in [-0.05, 0) is 23.6 Å². The molecule has 0 aliphatic heterocycles. The summed E-state index contributed by atoms with van der Waals surface area (Å²) in [6.07, 6.45) is 2.57. The number of primary amides is 1. The van der Waals surface area contributed by atoms with Crippen LogP contribution in [0.3, 0.4) is 0 Å². The Morgan fingerprint density at radius 3 is 2.37 bits per heavy atom. The van der Waals surface area contributed by atoms with Crippen LogP contribution in [0.4, 0.5) is 0 Å². The number of pyridine rings is 1. The zero-order valence-corrected chi connectivity index (χ0v) is 14.9. The van der Waals surface area contributed by atoms with Crippen molar-refractivity contribution in [3.63, 3.8) is 0 Å². The number of carbonyl (C=O) groups is 1. The summed E-state index contributed by atoms with van der Waals surface area (Å²) in [5.41, 5.74) is 10.9. The normalized spacial score (nSPS) is 10.9. The molecule has 0 saturated carbocycles. The molecule has 5 nitrogen and oxygen atoms in total. The largest absolute Gasteiger partial charge is 0.363 e. The third kappa shape index (κ3) is 3.27. The molecule has 0 radical (unpaired) electrons. The molecule has 2 aromatic carbocycles. The number of nitrogens with zero attached hydrogens (tertiary/aromatic N) is 3. The van der Waals surface area contributed by atoms with E-state index in [0.29, 0.717) is 5.65 Å². The van der Waals surface area contributed by atoms with Crippen LogP contribution in [0.2, 0.25) is 0 Å². The molecule has 2 N–H and O–H groups in total. The molecule has 0 aliphatic carbocycles. The van der Waals surface area contributed by atoms with Crippen LogP contribution in [-0.4, -0.2) is 20.9 Å². The third-order valence-electron chi connectivity index (χ3n) is 4.51. The molecule has 0 bridgehead atoms. The zero-order valence-electron chi connectivity index (χ0n) is 14.9. The predicted molar refractivity (Wildman–Crippen MR) is 106 cm³/mol. The summed E-state index contributed by atoms with van der Waals surface area (Å²) in [6, 6.07) is 20.4. The molecule has 2 aromatic heterocycles. The maximum absolute atomic E-state index is 11.4. The van der Waals surface area contributed by atoms with Crippen molar-refractivity contribution in [1.82, 2.24) is 15.0 Å². The van der Waals surface area contributed by atoms with Crippen molar-refractivity contribution in [3.8, 4) is 22.4 Å². The number of fused-ring (bicyclic) bond motifs is 1. The van der Waals surface area contributed by atoms with Gasteiger partial charge in [0.2, 0.25) is 5.82 Å². The van der Waals surface area contributed by atoms with Crippen LogP contribution in [-0.2, 0) is 6.42 Å². The molecule has 0 fully saturated rings. The monoisotopic (exact) mass is 354 g/mol. The van der Waals surface area contributed by atoms with Crippen molar-refractivity contribution in [2.24, 2.45) is 5.73 Å². The fraction of sp³-hybridized carbons (Fsp3) is 0.0909. The lowest BCUT2D eigenvalue weighted by Gasteiger charge is -2.12. The van der Waals surface area contributed by atoms with Gasteiger partial charge in [0.15, 0.2) is 5.65 Å². The number of benzene rings is 2. The molecule has 27 heavy (non-hydrogen) atoms. The van der Waals surface area contributed by atoms with Crippen molar-refractivity contribution < 1.29 is 4.79 Å². The van der Waals surface area contributed by atoms with Crippen LogP contribution >= 0.6 is 0 Å². The molecule has 5 heteroatoms. The molecule has 4 aromatic rings. The van der Waals surface area contributed by atoms with Crippen molar-refractivity contribution in [1.29, 1.82) is 0 Å². The van der Waals surface area contributed by atoms with Gasteiger partial charge in [-0.3, -0.25) is 4.79 Å². The second-order valence-corrected chi connectivity index (χ2v) is 6.27. The van der Waals surface area contributed by atoms with Crippen molar-refractivity contribution in [3.05, 3.63) is 78.2 Å². The number of hydrogen-bond donors (Lipinski definition) is 1. The molecule has 4 rings (SSSR count). The Kier molecular flexibility index (Phi) is 4.34. The smallest absolute Gasteiger partial charge is 0.286 e. The molecule has 0 spiro atoms. The molecular formula is C22H18N4O. The highest BCUT2D eigenvalue weighted by Crippen LogP contribution is 2.33. The minimum absolute atomic E-state index is 0.0326. The Bertz CT molecular complexity index is 1120. The lowest BCUT2D eigenvalue weighted by atomic mass is 9.97. The highest BCUT2D eigenvalue weighted by Gasteiger charge is 2.14. The topological polar surface area (TPSA) is 81.8 Å². The summed E-state index contributed by atoms with van der Waals surface area (Å²) in [5, 5.41) is 0.757. The van der Waals surface area contributed by atoms with E-state index in [1.807, 2.05) is 36.4 Å². The maximum Gasteiger partial charge on any atom is 0.286 e. The van der Waals surface area contributed by atoms with E-state index < -0.39 is 5.91 Å². The average molecular weight is 354 g/mol. The van der Waals surface area contributed by atoms with Gasteiger partial charge in [-0.2, -0.15) is 0 Å².